The summed E-state index contributed by atoms with van der Waals surface area (Å²) < 4.78 is 12.6. The second-order valence-electron chi connectivity index (χ2n) is 3.65. The van der Waals surface area contributed by atoms with E-state index in [1.54, 1.807) is 12.1 Å². The third-order valence-corrected chi connectivity index (χ3v) is 2.67. The molecule has 0 spiro atoms. The Kier molecular flexibility index (Phi) is 1.82. The van der Waals surface area contributed by atoms with Gasteiger partial charge in [0.25, 0.3) is 0 Å². The molecule has 0 bridgehead atoms. The molecule has 2 atom stereocenters. The van der Waals surface area contributed by atoms with Crippen LogP contribution in [0.5, 0.6) is 0 Å². The van der Waals surface area contributed by atoms with Gasteiger partial charge >= 0.3 is 5.97 Å². The number of halogens is 1. The number of benzene rings is 1. The van der Waals surface area contributed by atoms with E-state index < -0.39 is 11.5 Å². The third-order valence-electron chi connectivity index (χ3n) is 2.67. The van der Waals surface area contributed by atoms with Crippen LogP contribution in [0, 0.1) is 5.82 Å². The van der Waals surface area contributed by atoms with Gasteiger partial charge in [-0.1, -0.05) is 12.1 Å². The van der Waals surface area contributed by atoms with E-state index in [-0.39, 0.29) is 11.7 Å². The average Bonchev–Trinajstić information content (AvgIpc) is 2.81. The summed E-state index contributed by atoms with van der Waals surface area (Å²) in [5.41, 5.74) is 5.26. The van der Waals surface area contributed by atoms with E-state index >= 15 is 0 Å². The molecule has 0 heterocycles. The lowest BCUT2D eigenvalue weighted by Crippen LogP contribution is -2.34. The highest BCUT2D eigenvalue weighted by Crippen LogP contribution is 2.49. The van der Waals surface area contributed by atoms with Gasteiger partial charge in [-0.05, 0) is 24.1 Å². The van der Waals surface area contributed by atoms with Gasteiger partial charge in [0, 0.05) is 5.92 Å². The first kappa shape index (κ1) is 9.15. The predicted octanol–water partition coefficient (Wildman–Crippen LogP) is 1.10. The first-order valence-electron chi connectivity index (χ1n) is 4.32. The number of nitrogens with two attached hydrogens (primary N) is 1. The van der Waals surface area contributed by atoms with Crippen molar-refractivity contribution in [1.29, 1.82) is 0 Å². The van der Waals surface area contributed by atoms with Gasteiger partial charge < -0.3 is 10.8 Å². The standard InChI is InChI=1S/C10H10FNO2/c11-7-3-1-6(2-4-7)8-5-10(8,12)9(13)14/h1-4,8H,5,12H2,(H,13,14)/t8-,10-/m1/s1. The summed E-state index contributed by atoms with van der Waals surface area (Å²) in [5, 5.41) is 8.80. The molecular formula is C10H10FNO2. The summed E-state index contributed by atoms with van der Waals surface area (Å²) >= 11 is 0. The van der Waals surface area contributed by atoms with Crippen molar-refractivity contribution in [2.24, 2.45) is 5.73 Å². The van der Waals surface area contributed by atoms with Crippen LogP contribution in [0.1, 0.15) is 17.9 Å². The summed E-state index contributed by atoms with van der Waals surface area (Å²) in [6.45, 7) is 0. The van der Waals surface area contributed by atoms with Crippen molar-refractivity contribution < 1.29 is 14.3 Å². The van der Waals surface area contributed by atoms with Gasteiger partial charge in [-0.15, -0.1) is 0 Å². The van der Waals surface area contributed by atoms with Gasteiger partial charge in [-0.25, -0.2) is 4.39 Å². The minimum Gasteiger partial charge on any atom is -0.480 e. The van der Waals surface area contributed by atoms with Gasteiger partial charge in [0.15, 0.2) is 0 Å². The fraction of sp³-hybridized carbons (Fsp3) is 0.300. The molecule has 0 amide bonds. The molecule has 1 aliphatic carbocycles. The minimum absolute atomic E-state index is 0.180. The first-order chi connectivity index (χ1) is 6.54. The lowest BCUT2D eigenvalue weighted by molar-refractivity contribution is -0.139. The molecule has 1 fully saturated rings. The number of carboxylic acids is 1. The molecule has 0 saturated heterocycles. The van der Waals surface area contributed by atoms with Crippen LogP contribution in [-0.4, -0.2) is 16.6 Å². The van der Waals surface area contributed by atoms with E-state index in [1.165, 1.54) is 12.1 Å². The molecule has 0 radical (unpaired) electrons. The lowest BCUT2D eigenvalue weighted by Gasteiger charge is -2.04. The molecule has 4 heteroatoms. The molecule has 1 aromatic carbocycles. The maximum absolute atomic E-state index is 12.6. The Hall–Kier alpha value is -1.42. The fourth-order valence-corrected chi connectivity index (χ4v) is 1.63. The number of carbonyl (C=O) groups is 1. The summed E-state index contributed by atoms with van der Waals surface area (Å²) in [6.07, 6.45) is 0.425. The maximum Gasteiger partial charge on any atom is 0.324 e. The molecule has 74 valence electrons. The van der Waals surface area contributed by atoms with Crippen LogP contribution in [0.25, 0.3) is 0 Å². The Morgan fingerprint density at radius 2 is 2.07 bits per heavy atom. The minimum atomic E-state index is -1.14. The topological polar surface area (TPSA) is 63.3 Å². The summed E-state index contributed by atoms with van der Waals surface area (Å²) in [7, 11) is 0. The quantitative estimate of drug-likeness (QED) is 0.742. The zero-order valence-electron chi connectivity index (χ0n) is 7.40. The second-order valence-corrected chi connectivity index (χ2v) is 3.65. The van der Waals surface area contributed by atoms with Crippen LogP contribution in [0.4, 0.5) is 4.39 Å². The smallest absolute Gasteiger partial charge is 0.324 e. The van der Waals surface area contributed by atoms with Crippen molar-refractivity contribution >= 4 is 5.97 Å². The molecule has 0 aliphatic heterocycles. The highest BCUT2D eigenvalue weighted by Gasteiger charge is 2.58. The van der Waals surface area contributed by atoms with Gasteiger partial charge in [0.1, 0.15) is 11.4 Å². The van der Waals surface area contributed by atoms with Crippen molar-refractivity contribution in [3.8, 4) is 0 Å². The molecule has 3 nitrogen and oxygen atoms in total. The van der Waals surface area contributed by atoms with Gasteiger partial charge in [-0.3, -0.25) is 4.79 Å². The Labute approximate surface area is 80.3 Å². The van der Waals surface area contributed by atoms with Crippen LogP contribution in [0.3, 0.4) is 0 Å². The molecular weight excluding hydrogens is 185 g/mol. The van der Waals surface area contributed by atoms with Crippen LogP contribution in [0.2, 0.25) is 0 Å². The molecule has 3 N–H and O–H groups in total. The molecule has 0 unspecified atom stereocenters. The normalized spacial score (nSPS) is 30.0. The van der Waals surface area contributed by atoms with Crippen molar-refractivity contribution in [1.82, 2.24) is 0 Å². The van der Waals surface area contributed by atoms with Crippen molar-refractivity contribution in [2.75, 3.05) is 0 Å². The number of hydrogen-bond donors (Lipinski definition) is 2. The van der Waals surface area contributed by atoms with Gasteiger partial charge in [0.2, 0.25) is 0 Å². The van der Waals surface area contributed by atoms with Crippen molar-refractivity contribution in [3.05, 3.63) is 35.6 Å². The highest BCUT2D eigenvalue weighted by molar-refractivity contribution is 5.84. The number of carboxylic acid groups (broad SMARTS) is 1. The highest BCUT2D eigenvalue weighted by atomic mass is 19.1. The monoisotopic (exact) mass is 195 g/mol. The van der Waals surface area contributed by atoms with Crippen molar-refractivity contribution in [3.63, 3.8) is 0 Å². The molecule has 2 rings (SSSR count). The van der Waals surface area contributed by atoms with E-state index in [4.69, 9.17) is 10.8 Å². The summed E-state index contributed by atoms with van der Waals surface area (Å²) in [4.78, 5) is 10.7. The van der Waals surface area contributed by atoms with E-state index in [0.717, 1.165) is 5.56 Å². The first-order valence-corrected chi connectivity index (χ1v) is 4.32. The molecule has 14 heavy (non-hydrogen) atoms. The largest absolute Gasteiger partial charge is 0.480 e. The number of rotatable bonds is 2. The van der Waals surface area contributed by atoms with Crippen molar-refractivity contribution in [2.45, 2.75) is 17.9 Å². The third kappa shape index (κ3) is 1.28. The average molecular weight is 195 g/mol. The zero-order valence-corrected chi connectivity index (χ0v) is 7.40. The van der Waals surface area contributed by atoms with Crippen LogP contribution in [0.15, 0.2) is 24.3 Å². The Bertz CT molecular complexity index is 376. The number of hydrogen-bond acceptors (Lipinski definition) is 2. The fourth-order valence-electron chi connectivity index (χ4n) is 1.63. The molecule has 1 aromatic rings. The Morgan fingerprint density at radius 1 is 1.50 bits per heavy atom. The van der Waals surface area contributed by atoms with E-state index in [0.29, 0.717) is 6.42 Å². The Morgan fingerprint density at radius 3 is 2.50 bits per heavy atom. The SMILES string of the molecule is N[C@]1(C(=O)O)C[C@@H]1c1ccc(F)cc1. The van der Waals surface area contributed by atoms with Gasteiger partial charge in [0.05, 0.1) is 0 Å². The van der Waals surface area contributed by atoms with E-state index in [9.17, 15) is 9.18 Å². The number of aliphatic carboxylic acids is 1. The van der Waals surface area contributed by atoms with E-state index in [1.807, 2.05) is 0 Å². The van der Waals surface area contributed by atoms with Crippen LogP contribution in [-0.2, 0) is 4.79 Å². The van der Waals surface area contributed by atoms with Gasteiger partial charge in [-0.2, -0.15) is 0 Å². The zero-order chi connectivity index (χ0) is 10.3. The summed E-state index contributed by atoms with van der Waals surface area (Å²) in [5.74, 6) is -1.50. The van der Waals surface area contributed by atoms with Crippen LogP contribution >= 0.6 is 0 Å². The molecule has 1 aliphatic rings. The predicted molar refractivity (Wildman–Crippen MR) is 48.3 cm³/mol. The maximum atomic E-state index is 12.6. The molecule has 0 aromatic heterocycles. The van der Waals surface area contributed by atoms with Crippen LogP contribution < -0.4 is 5.73 Å². The molecule has 1 saturated carbocycles. The van der Waals surface area contributed by atoms with E-state index in [2.05, 4.69) is 0 Å². The summed E-state index contributed by atoms with van der Waals surface area (Å²) in [6, 6.07) is 5.79. The Balaban J connectivity index is 2.21. The lowest BCUT2D eigenvalue weighted by atomic mass is 10.1. The second kappa shape index (κ2) is 2.78.